The number of aromatic nitrogens is 1. The molecule has 11 heteroatoms. The number of carbonyl (C=O) groups is 3. The molecule has 0 spiro atoms. The molecule has 40 heavy (non-hydrogen) atoms. The molecule has 208 valence electrons. The Morgan fingerprint density at radius 2 is 1.90 bits per heavy atom. The van der Waals surface area contributed by atoms with Crippen molar-refractivity contribution in [3.05, 3.63) is 69.7 Å². The molecule has 10 nitrogen and oxygen atoms in total. The minimum Gasteiger partial charge on any atom is -0.507 e. The molecule has 0 radical (unpaired) electrons. The van der Waals surface area contributed by atoms with E-state index in [9.17, 15) is 19.5 Å². The van der Waals surface area contributed by atoms with Crippen molar-refractivity contribution in [1.82, 2.24) is 4.98 Å². The average Bonchev–Trinajstić information content (AvgIpc) is 3.47. The molecule has 1 fully saturated rings. The van der Waals surface area contributed by atoms with Crippen molar-refractivity contribution in [3.8, 4) is 17.2 Å². The standard InChI is InChI=1S/C29H28N2O8S/c1-4-11-37-19-8-6-7-17(14-19)23-22(24(32)18-9-10-20-21(15-18)39-13-12-38-20)25(33)27(34)31(23)29-30-16(3)26(40-29)28(35)36-5-2/h6-10,14-15,23,32H,4-5,11-13H2,1-3H3/t23-/m1/s1. The summed E-state index contributed by atoms with van der Waals surface area (Å²) in [6.45, 7) is 6.72. The summed E-state index contributed by atoms with van der Waals surface area (Å²) in [7, 11) is 0. The van der Waals surface area contributed by atoms with Gasteiger partial charge in [0.1, 0.15) is 29.6 Å². The summed E-state index contributed by atoms with van der Waals surface area (Å²) in [6, 6.07) is 10.8. The molecule has 1 amide bonds. The zero-order chi connectivity index (χ0) is 28.4. The Balaban J connectivity index is 1.66. The number of rotatable bonds is 8. The van der Waals surface area contributed by atoms with Crippen molar-refractivity contribution in [2.45, 2.75) is 33.2 Å². The largest absolute Gasteiger partial charge is 0.507 e. The SMILES string of the molecule is CCCOc1cccc([C@@H]2C(=C(O)c3ccc4c(c3)OCCO4)C(=O)C(=O)N2c2nc(C)c(C(=O)OCC)s2)c1. The Bertz CT molecular complexity index is 1510. The zero-order valence-corrected chi connectivity index (χ0v) is 23.1. The normalized spacial score (nSPS) is 17.7. The van der Waals surface area contributed by atoms with E-state index in [4.69, 9.17) is 18.9 Å². The fourth-order valence-electron chi connectivity index (χ4n) is 4.56. The molecule has 0 aliphatic carbocycles. The number of anilines is 1. The first-order valence-electron chi connectivity index (χ1n) is 12.9. The second-order valence-corrected chi connectivity index (χ2v) is 10.1. The maximum Gasteiger partial charge on any atom is 0.350 e. The average molecular weight is 565 g/mol. The molecule has 3 heterocycles. The Labute approximate surface area is 234 Å². The molecule has 1 N–H and O–H groups in total. The summed E-state index contributed by atoms with van der Waals surface area (Å²) in [5.41, 5.74) is 1.05. The smallest absolute Gasteiger partial charge is 0.350 e. The first kappa shape index (κ1) is 27.2. The molecule has 1 aromatic heterocycles. The van der Waals surface area contributed by atoms with Crippen LogP contribution in [0.2, 0.25) is 0 Å². The Kier molecular flexibility index (Phi) is 7.74. The van der Waals surface area contributed by atoms with Gasteiger partial charge in [-0.3, -0.25) is 14.5 Å². The minimum absolute atomic E-state index is 0.125. The molecule has 0 saturated carbocycles. The summed E-state index contributed by atoms with van der Waals surface area (Å²) >= 11 is 0.950. The monoisotopic (exact) mass is 564 g/mol. The lowest BCUT2D eigenvalue weighted by molar-refractivity contribution is -0.132. The van der Waals surface area contributed by atoms with Gasteiger partial charge in [0.2, 0.25) is 0 Å². The number of Topliss-reactive ketones (excluding diaryl/α,β-unsaturated/α-hetero) is 1. The fraction of sp³-hybridized carbons (Fsp3) is 0.310. The molecule has 2 aromatic carbocycles. The van der Waals surface area contributed by atoms with E-state index in [2.05, 4.69) is 4.98 Å². The van der Waals surface area contributed by atoms with Crippen LogP contribution in [0.4, 0.5) is 5.13 Å². The maximum absolute atomic E-state index is 13.6. The van der Waals surface area contributed by atoms with Crippen molar-refractivity contribution in [3.63, 3.8) is 0 Å². The van der Waals surface area contributed by atoms with Crippen molar-refractivity contribution in [2.24, 2.45) is 0 Å². The molecular weight excluding hydrogens is 536 g/mol. The highest BCUT2D eigenvalue weighted by Crippen LogP contribution is 2.45. The molecule has 1 atom stereocenters. The third kappa shape index (κ3) is 5.00. The number of esters is 1. The number of benzene rings is 2. The van der Waals surface area contributed by atoms with Crippen LogP contribution in [0.25, 0.3) is 5.76 Å². The lowest BCUT2D eigenvalue weighted by Gasteiger charge is -2.24. The number of hydrogen-bond acceptors (Lipinski definition) is 10. The summed E-state index contributed by atoms with van der Waals surface area (Å²) < 4.78 is 22.2. The summed E-state index contributed by atoms with van der Waals surface area (Å²) in [5.74, 6) is -1.22. The van der Waals surface area contributed by atoms with E-state index in [1.165, 1.54) is 4.90 Å². The van der Waals surface area contributed by atoms with Crippen LogP contribution in [0, 0.1) is 6.92 Å². The highest BCUT2D eigenvalue weighted by Gasteiger charge is 2.48. The van der Waals surface area contributed by atoms with Gasteiger partial charge in [-0.05, 0) is 56.2 Å². The van der Waals surface area contributed by atoms with Gasteiger partial charge >= 0.3 is 11.9 Å². The predicted molar refractivity (Wildman–Crippen MR) is 147 cm³/mol. The summed E-state index contributed by atoms with van der Waals surface area (Å²) in [4.78, 5) is 45.5. The van der Waals surface area contributed by atoms with Gasteiger partial charge in [-0.2, -0.15) is 0 Å². The van der Waals surface area contributed by atoms with Crippen molar-refractivity contribution in [2.75, 3.05) is 31.3 Å². The van der Waals surface area contributed by atoms with Crippen molar-refractivity contribution >= 4 is 39.9 Å². The Hall–Kier alpha value is -4.38. The van der Waals surface area contributed by atoms with Gasteiger partial charge in [-0.15, -0.1) is 0 Å². The third-order valence-corrected chi connectivity index (χ3v) is 7.50. The zero-order valence-electron chi connectivity index (χ0n) is 22.3. The molecule has 3 aromatic rings. The first-order chi connectivity index (χ1) is 19.3. The second-order valence-electron chi connectivity index (χ2n) is 9.08. The topological polar surface area (TPSA) is 124 Å². The second kappa shape index (κ2) is 11.4. The van der Waals surface area contributed by atoms with Crippen LogP contribution >= 0.6 is 11.3 Å². The number of amides is 1. The van der Waals surface area contributed by atoms with E-state index in [1.54, 1.807) is 56.3 Å². The van der Waals surface area contributed by atoms with E-state index in [-0.39, 0.29) is 33.5 Å². The van der Waals surface area contributed by atoms with Crippen molar-refractivity contribution in [1.29, 1.82) is 0 Å². The van der Waals surface area contributed by atoms with Gasteiger partial charge in [0.15, 0.2) is 16.6 Å². The molecule has 0 unspecified atom stereocenters. The van der Waals surface area contributed by atoms with Gasteiger partial charge in [-0.25, -0.2) is 9.78 Å². The fourth-order valence-corrected chi connectivity index (χ4v) is 5.54. The predicted octanol–water partition coefficient (Wildman–Crippen LogP) is 4.81. The van der Waals surface area contributed by atoms with Crippen LogP contribution in [0.5, 0.6) is 17.2 Å². The van der Waals surface area contributed by atoms with E-state index in [1.807, 2.05) is 6.92 Å². The van der Waals surface area contributed by atoms with Crippen LogP contribution in [0.1, 0.15) is 52.8 Å². The van der Waals surface area contributed by atoms with E-state index >= 15 is 0 Å². The quantitative estimate of drug-likeness (QED) is 0.178. The Morgan fingerprint density at radius 1 is 1.12 bits per heavy atom. The molecule has 2 aliphatic heterocycles. The van der Waals surface area contributed by atoms with Gasteiger partial charge in [0.25, 0.3) is 5.78 Å². The van der Waals surface area contributed by atoms with Crippen LogP contribution in [0.15, 0.2) is 48.0 Å². The van der Waals surface area contributed by atoms with Gasteiger partial charge in [0, 0.05) is 5.56 Å². The maximum atomic E-state index is 13.6. The third-order valence-electron chi connectivity index (χ3n) is 6.36. The number of aliphatic hydroxyl groups is 1. The number of ether oxygens (including phenoxy) is 4. The van der Waals surface area contributed by atoms with Crippen molar-refractivity contribution < 1.29 is 38.4 Å². The van der Waals surface area contributed by atoms with Crippen LogP contribution in [-0.4, -0.2) is 54.2 Å². The molecule has 0 bridgehead atoms. The molecular formula is C29H28N2O8S. The number of aryl methyl sites for hydroxylation is 1. The number of carbonyl (C=O) groups excluding carboxylic acids is 3. The summed E-state index contributed by atoms with van der Waals surface area (Å²) in [6.07, 6.45) is 0.793. The van der Waals surface area contributed by atoms with E-state index < -0.39 is 23.7 Å². The highest BCUT2D eigenvalue weighted by atomic mass is 32.1. The summed E-state index contributed by atoms with van der Waals surface area (Å²) in [5, 5.41) is 11.6. The number of ketones is 1. The number of fused-ring (bicyclic) bond motifs is 1. The highest BCUT2D eigenvalue weighted by molar-refractivity contribution is 7.17. The van der Waals surface area contributed by atoms with Crippen LogP contribution in [-0.2, 0) is 14.3 Å². The number of thiazole rings is 1. The molecule has 5 rings (SSSR count). The number of aliphatic hydroxyl groups excluding tert-OH is 1. The minimum atomic E-state index is -1.04. The lowest BCUT2D eigenvalue weighted by atomic mass is 9.95. The van der Waals surface area contributed by atoms with Gasteiger partial charge in [-0.1, -0.05) is 30.4 Å². The molecule has 2 aliphatic rings. The van der Waals surface area contributed by atoms with Gasteiger partial charge < -0.3 is 24.1 Å². The van der Waals surface area contributed by atoms with Crippen LogP contribution < -0.4 is 19.1 Å². The lowest BCUT2D eigenvalue weighted by Crippen LogP contribution is -2.29. The van der Waals surface area contributed by atoms with Crippen LogP contribution in [0.3, 0.4) is 0 Å². The molecule has 1 saturated heterocycles. The Morgan fingerprint density at radius 3 is 2.65 bits per heavy atom. The number of nitrogens with zero attached hydrogens (tertiary/aromatic N) is 2. The first-order valence-corrected chi connectivity index (χ1v) is 13.7. The van der Waals surface area contributed by atoms with Gasteiger partial charge in [0.05, 0.1) is 30.5 Å². The number of hydrogen-bond donors (Lipinski definition) is 1. The van der Waals surface area contributed by atoms with E-state index in [0.29, 0.717) is 48.3 Å². The van der Waals surface area contributed by atoms with E-state index in [0.717, 1.165) is 17.8 Å².